The fourth-order valence-corrected chi connectivity index (χ4v) is 4.22. The molecule has 7 heteroatoms. The van der Waals surface area contributed by atoms with Gasteiger partial charge in [0.05, 0.1) is 27.7 Å². The highest BCUT2D eigenvalue weighted by atomic mass is 32.1. The molecule has 0 fully saturated rings. The van der Waals surface area contributed by atoms with Crippen LogP contribution in [0.4, 0.5) is 0 Å². The van der Waals surface area contributed by atoms with Gasteiger partial charge < -0.3 is 0 Å². The fourth-order valence-electron chi connectivity index (χ4n) is 3.42. The van der Waals surface area contributed by atoms with E-state index in [1.54, 1.807) is 12.4 Å². The SMILES string of the molecule is Cc1ccc(-c2cc(C(=O)CCc3cnc(C)cn3)cc(-c3snnc3C(C)C)c2)nc1. The predicted molar refractivity (Wildman–Crippen MR) is 127 cm³/mol. The highest BCUT2D eigenvalue weighted by molar-refractivity contribution is 7.09. The van der Waals surface area contributed by atoms with Crippen molar-refractivity contribution < 1.29 is 4.79 Å². The van der Waals surface area contributed by atoms with Crippen LogP contribution in [0.3, 0.4) is 0 Å². The molecule has 1 aromatic carbocycles. The van der Waals surface area contributed by atoms with Gasteiger partial charge in [-0.3, -0.25) is 19.7 Å². The highest BCUT2D eigenvalue weighted by Gasteiger charge is 2.18. The third-order valence-corrected chi connectivity index (χ3v) is 6.02. The minimum absolute atomic E-state index is 0.0613. The van der Waals surface area contributed by atoms with Crippen molar-refractivity contribution in [2.75, 3.05) is 0 Å². The maximum absolute atomic E-state index is 13.2. The van der Waals surface area contributed by atoms with E-state index in [0.717, 1.165) is 44.3 Å². The molecule has 4 rings (SSSR count). The van der Waals surface area contributed by atoms with Crippen molar-refractivity contribution in [1.29, 1.82) is 0 Å². The van der Waals surface area contributed by atoms with Crippen molar-refractivity contribution in [3.63, 3.8) is 0 Å². The van der Waals surface area contributed by atoms with Crippen molar-refractivity contribution >= 4 is 17.3 Å². The van der Waals surface area contributed by atoms with Gasteiger partial charge in [-0.05, 0) is 73.1 Å². The average Bonchev–Trinajstić information content (AvgIpc) is 3.29. The molecule has 32 heavy (non-hydrogen) atoms. The number of rotatable bonds is 7. The molecule has 0 amide bonds. The second-order valence-corrected chi connectivity index (χ2v) is 8.99. The Hall–Kier alpha value is -3.32. The molecule has 162 valence electrons. The minimum Gasteiger partial charge on any atom is -0.294 e. The number of benzene rings is 1. The van der Waals surface area contributed by atoms with Crippen molar-refractivity contribution in [2.24, 2.45) is 0 Å². The van der Waals surface area contributed by atoms with Gasteiger partial charge in [-0.15, -0.1) is 5.10 Å². The topological polar surface area (TPSA) is 81.5 Å². The van der Waals surface area contributed by atoms with Gasteiger partial charge in [0, 0.05) is 36.1 Å². The van der Waals surface area contributed by atoms with Gasteiger partial charge in [-0.1, -0.05) is 24.4 Å². The number of pyridine rings is 1. The molecular weight excluding hydrogens is 418 g/mol. The largest absolute Gasteiger partial charge is 0.294 e. The zero-order chi connectivity index (χ0) is 22.7. The van der Waals surface area contributed by atoms with Crippen molar-refractivity contribution in [3.8, 4) is 21.7 Å². The Bertz CT molecular complexity index is 1230. The summed E-state index contributed by atoms with van der Waals surface area (Å²) in [4.78, 5) is 27.4. The summed E-state index contributed by atoms with van der Waals surface area (Å²) in [6.07, 6.45) is 6.21. The highest BCUT2D eigenvalue weighted by Crippen LogP contribution is 2.34. The Kier molecular flexibility index (Phi) is 6.46. The molecule has 0 unspecified atom stereocenters. The lowest BCUT2D eigenvalue weighted by molar-refractivity contribution is 0.0982. The number of hydrogen-bond donors (Lipinski definition) is 0. The Labute approximate surface area is 192 Å². The molecule has 0 radical (unpaired) electrons. The average molecular weight is 444 g/mol. The number of ketones is 1. The van der Waals surface area contributed by atoms with Gasteiger partial charge >= 0.3 is 0 Å². The number of nitrogens with zero attached hydrogens (tertiary/aromatic N) is 5. The van der Waals surface area contributed by atoms with Crippen LogP contribution >= 0.6 is 11.5 Å². The molecule has 0 aliphatic heterocycles. The van der Waals surface area contributed by atoms with Crippen molar-refractivity contribution in [3.05, 3.63) is 77.1 Å². The van der Waals surface area contributed by atoms with E-state index in [0.29, 0.717) is 18.4 Å². The van der Waals surface area contributed by atoms with Crippen LogP contribution < -0.4 is 0 Å². The van der Waals surface area contributed by atoms with Crippen LogP contribution in [-0.4, -0.2) is 30.3 Å². The van der Waals surface area contributed by atoms with E-state index >= 15 is 0 Å². The van der Waals surface area contributed by atoms with Gasteiger partial charge in [0.1, 0.15) is 0 Å². The van der Waals surface area contributed by atoms with E-state index in [2.05, 4.69) is 44.5 Å². The zero-order valence-electron chi connectivity index (χ0n) is 18.7. The van der Waals surface area contributed by atoms with Gasteiger partial charge in [-0.2, -0.15) is 0 Å². The quantitative estimate of drug-likeness (QED) is 0.345. The molecule has 3 aromatic heterocycles. The zero-order valence-corrected chi connectivity index (χ0v) is 19.5. The molecule has 0 saturated carbocycles. The van der Waals surface area contributed by atoms with E-state index < -0.39 is 0 Å². The Morgan fingerprint density at radius 3 is 2.47 bits per heavy atom. The predicted octanol–water partition coefficient (Wildman–Crippen LogP) is 5.61. The second-order valence-electron chi connectivity index (χ2n) is 8.23. The third-order valence-electron chi connectivity index (χ3n) is 5.23. The summed E-state index contributed by atoms with van der Waals surface area (Å²) < 4.78 is 4.17. The Balaban J connectivity index is 1.71. The summed E-state index contributed by atoms with van der Waals surface area (Å²) in [7, 11) is 0. The van der Waals surface area contributed by atoms with E-state index in [4.69, 9.17) is 0 Å². The van der Waals surface area contributed by atoms with E-state index in [-0.39, 0.29) is 11.7 Å². The van der Waals surface area contributed by atoms with E-state index in [9.17, 15) is 4.79 Å². The maximum Gasteiger partial charge on any atom is 0.163 e. The van der Waals surface area contributed by atoms with Crippen LogP contribution in [0.5, 0.6) is 0 Å². The lowest BCUT2D eigenvalue weighted by Gasteiger charge is -2.10. The van der Waals surface area contributed by atoms with Gasteiger partial charge in [0.2, 0.25) is 0 Å². The summed E-state index contributed by atoms with van der Waals surface area (Å²) in [5.74, 6) is 0.301. The number of carbonyl (C=O) groups excluding carboxylic acids is 1. The molecule has 0 atom stereocenters. The summed E-state index contributed by atoms with van der Waals surface area (Å²) in [5, 5.41) is 4.32. The standard InChI is InChI=1S/C25H25N5OS/c1-15(2)24-25(32-30-29-24)20-10-18(22-7-5-16(3)12-28-22)9-19(11-20)23(31)8-6-21-14-26-17(4)13-27-21/h5,7,9-15H,6,8H2,1-4H3. The second kappa shape index (κ2) is 9.44. The van der Waals surface area contributed by atoms with Crippen LogP contribution in [-0.2, 0) is 6.42 Å². The van der Waals surface area contributed by atoms with E-state index in [1.165, 1.54) is 11.5 Å². The number of Topliss-reactive ketones (excluding diaryl/α,β-unsaturated/α-hetero) is 1. The number of hydrogen-bond acceptors (Lipinski definition) is 7. The fraction of sp³-hybridized carbons (Fsp3) is 0.280. The molecule has 0 N–H and O–H groups in total. The Morgan fingerprint density at radius 1 is 0.969 bits per heavy atom. The molecule has 4 aromatic rings. The van der Waals surface area contributed by atoms with E-state index in [1.807, 2.05) is 44.3 Å². The Morgan fingerprint density at radius 2 is 1.78 bits per heavy atom. The van der Waals surface area contributed by atoms with Gasteiger partial charge in [-0.25, -0.2) is 0 Å². The molecule has 0 aliphatic carbocycles. The van der Waals surface area contributed by atoms with Crippen LogP contribution in [0, 0.1) is 13.8 Å². The molecule has 0 saturated heterocycles. The van der Waals surface area contributed by atoms with Gasteiger partial charge in [0.25, 0.3) is 0 Å². The van der Waals surface area contributed by atoms with Crippen molar-refractivity contribution in [1.82, 2.24) is 24.5 Å². The summed E-state index contributed by atoms with van der Waals surface area (Å²) in [6.45, 7) is 8.10. The third kappa shape index (κ3) is 4.94. The first-order valence-corrected chi connectivity index (χ1v) is 11.4. The first-order chi connectivity index (χ1) is 15.4. The number of carbonyl (C=O) groups is 1. The first-order valence-electron chi connectivity index (χ1n) is 10.6. The molecule has 3 heterocycles. The molecular formula is C25H25N5OS. The van der Waals surface area contributed by atoms with Crippen LogP contribution in [0.15, 0.2) is 48.9 Å². The summed E-state index contributed by atoms with van der Waals surface area (Å²) in [6, 6.07) is 9.95. The number of aryl methyl sites for hydroxylation is 3. The smallest absolute Gasteiger partial charge is 0.163 e. The van der Waals surface area contributed by atoms with Crippen LogP contribution in [0.1, 0.15) is 59.2 Å². The summed E-state index contributed by atoms with van der Waals surface area (Å²) >= 11 is 1.36. The lowest BCUT2D eigenvalue weighted by Crippen LogP contribution is -2.04. The lowest BCUT2D eigenvalue weighted by atomic mass is 9.96. The molecule has 0 spiro atoms. The molecule has 0 bridgehead atoms. The van der Waals surface area contributed by atoms with Crippen LogP contribution in [0.25, 0.3) is 21.7 Å². The normalized spacial score (nSPS) is 11.2. The monoisotopic (exact) mass is 443 g/mol. The number of aromatic nitrogens is 5. The van der Waals surface area contributed by atoms with Crippen LogP contribution in [0.2, 0.25) is 0 Å². The minimum atomic E-state index is 0.0613. The molecule has 0 aliphatic rings. The van der Waals surface area contributed by atoms with Crippen molar-refractivity contribution in [2.45, 2.75) is 46.5 Å². The van der Waals surface area contributed by atoms with Gasteiger partial charge in [0.15, 0.2) is 5.78 Å². The first kappa shape index (κ1) is 21.9. The summed E-state index contributed by atoms with van der Waals surface area (Å²) in [5.41, 5.74) is 7.05. The molecule has 6 nitrogen and oxygen atoms in total. The maximum atomic E-state index is 13.2.